The van der Waals surface area contributed by atoms with Gasteiger partial charge in [-0.3, -0.25) is 4.79 Å². The van der Waals surface area contributed by atoms with E-state index in [1.54, 1.807) is 24.7 Å². The van der Waals surface area contributed by atoms with Crippen LogP contribution in [-0.4, -0.2) is 40.3 Å². The van der Waals surface area contributed by atoms with Crippen LogP contribution >= 0.6 is 0 Å². The Balaban J connectivity index is 1.70. The van der Waals surface area contributed by atoms with Gasteiger partial charge in [-0.15, -0.1) is 0 Å². The lowest BCUT2D eigenvalue weighted by atomic mass is 9.73. The number of nitrogens with zero attached hydrogens (tertiary/aromatic N) is 3. The smallest absolute Gasteiger partial charge is 0.230 e. The van der Waals surface area contributed by atoms with Crippen molar-refractivity contribution < 1.29 is 14.6 Å². The maximum absolute atomic E-state index is 13.1. The van der Waals surface area contributed by atoms with Crippen LogP contribution in [0.25, 0.3) is 0 Å². The van der Waals surface area contributed by atoms with Crippen molar-refractivity contribution in [3.05, 3.63) is 77.4 Å². The fraction of sp³-hybridized carbons (Fsp3) is 0.370. The number of aryl methyl sites for hydroxylation is 1. The first-order valence-electron chi connectivity index (χ1n) is 11.9. The van der Waals surface area contributed by atoms with E-state index in [-0.39, 0.29) is 18.4 Å². The number of aromatic nitrogens is 2. The molecule has 8 nitrogen and oxygen atoms in total. The quantitative estimate of drug-likeness (QED) is 0.462. The number of carbonyl (C=O) groups excluding carboxylic acids is 1. The number of nitrogens with one attached hydrogen (secondary N) is 1. The van der Waals surface area contributed by atoms with Crippen molar-refractivity contribution in [2.24, 2.45) is 12.8 Å². The van der Waals surface area contributed by atoms with Crippen LogP contribution in [0.4, 0.5) is 0 Å². The number of hydrogen-bond acceptors (Lipinski definition) is 6. The van der Waals surface area contributed by atoms with E-state index in [2.05, 4.69) is 16.4 Å². The predicted molar refractivity (Wildman–Crippen MR) is 132 cm³/mol. The lowest BCUT2D eigenvalue weighted by molar-refractivity contribution is -0.127. The topological polar surface area (TPSA) is 126 Å². The van der Waals surface area contributed by atoms with Crippen molar-refractivity contribution in [3.63, 3.8) is 0 Å². The zero-order chi connectivity index (χ0) is 24.8. The Labute approximate surface area is 205 Å². The van der Waals surface area contributed by atoms with Crippen LogP contribution in [0.15, 0.2) is 55.0 Å². The summed E-state index contributed by atoms with van der Waals surface area (Å²) in [6, 6.07) is 15.1. The maximum atomic E-state index is 13.1. The van der Waals surface area contributed by atoms with Crippen LogP contribution in [-0.2, 0) is 17.3 Å². The molecule has 2 unspecified atom stereocenters. The molecule has 0 saturated carbocycles. The number of imidazole rings is 1. The standard InChI is InChI=1S/C27H31N5O3/c1-32-18-30-17-24(32)23(16-29)19-7-8-20(15-28)25(13-19)35-22-6-4-5-21(14-22)27(10-12-33)9-2-3-11-31-26(27)34/h4-8,13-14,17-18,23,33H,2-3,9-12,16,29H2,1H3,(H,31,34). The minimum atomic E-state index is -0.811. The molecule has 4 N–H and O–H groups in total. The molecule has 182 valence electrons. The van der Waals surface area contributed by atoms with Crippen molar-refractivity contribution in [2.45, 2.75) is 37.0 Å². The highest BCUT2D eigenvalue weighted by Gasteiger charge is 2.40. The minimum absolute atomic E-state index is 0.0668. The van der Waals surface area contributed by atoms with Gasteiger partial charge in [0.2, 0.25) is 5.91 Å². The molecule has 35 heavy (non-hydrogen) atoms. The molecular formula is C27H31N5O3. The van der Waals surface area contributed by atoms with Gasteiger partial charge in [0.1, 0.15) is 17.6 Å². The zero-order valence-electron chi connectivity index (χ0n) is 19.9. The lowest BCUT2D eigenvalue weighted by Gasteiger charge is -2.31. The highest BCUT2D eigenvalue weighted by molar-refractivity contribution is 5.88. The van der Waals surface area contributed by atoms with Crippen molar-refractivity contribution in [1.29, 1.82) is 5.26 Å². The van der Waals surface area contributed by atoms with Crippen molar-refractivity contribution >= 4 is 5.91 Å². The summed E-state index contributed by atoms with van der Waals surface area (Å²) in [4.78, 5) is 17.3. The summed E-state index contributed by atoms with van der Waals surface area (Å²) in [5.41, 5.74) is 8.38. The third-order valence-corrected chi connectivity index (χ3v) is 6.88. The van der Waals surface area contributed by atoms with E-state index in [0.717, 1.165) is 29.7 Å². The largest absolute Gasteiger partial charge is 0.456 e. The fourth-order valence-corrected chi connectivity index (χ4v) is 4.93. The molecule has 1 saturated heterocycles. The number of rotatable bonds is 8. The summed E-state index contributed by atoms with van der Waals surface area (Å²) >= 11 is 0. The summed E-state index contributed by atoms with van der Waals surface area (Å²) in [6.45, 7) is 0.923. The van der Waals surface area contributed by atoms with Crippen molar-refractivity contribution in [1.82, 2.24) is 14.9 Å². The first-order valence-corrected chi connectivity index (χ1v) is 11.9. The molecule has 4 rings (SSSR count). The highest BCUT2D eigenvalue weighted by atomic mass is 16.5. The summed E-state index contributed by atoms with van der Waals surface area (Å²) < 4.78 is 8.15. The number of benzene rings is 2. The second-order valence-corrected chi connectivity index (χ2v) is 8.98. The summed E-state index contributed by atoms with van der Waals surface area (Å²) in [7, 11) is 1.92. The third kappa shape index (κ3) is 4.92. The SMILES string of the molecule is Cn1cncc1C(CN)c1ccc(C#N)c(Oc2cccc(C3(CCO)CCCCNC3=O)c2)c1. The number of ether oxygens (including phenoxy) is 1. The van der Waals surface area contributed by atoms with E-state index in [9.17, 15) is 15.2 Å². The summed E-state index contributed by atoms with van der Waals surface area (Å²) in [5.74, 6) is 0.772. The second-order valence-electron chi connectivity index (χ2n) is 8.98. The van der Waals surface area contributed by atoms with Gasteiger partial charge in [0.25, 0.3) is 0 Å². The normalized spacial score (nSPS) is 18.9. The molecule has 2 heterocycles. The Bertz CT molecular complexity index is 1230. The van der Waals surface area contributed by atoms with Gasteiger partial charge in [-0.2, -0.15) is 5.26 Å². The number of hydrogen-bond donors (Lipinski definition) is 3. The van der Waals surface area contributed by atoms with Gasteiger partial charge < -0.3 is 25.5 Å². The van der Waals surface area contributed by atoms with Crippen LogP contribution < -0.4 is 15.8 Å². The van der Waals surface area contributed by atoms with E-state index in [0.29, 0.717) is 43.0 Å². The number of aliphatic hydroxyl groups excluding tert-OH is 1. The Hall–Kier alpha value is -3.67. The highest BCUT2D eigenvalue weighted by Crippen LogP contribution is 2.38. The first-order chi connectivity index (χ1) is 17.0. The number of carbonyl (C=O) groups is 1. The molecule has 1 aromatic heterocycles. The summed E-state index contributed by atoms with van der Waals surface area (Å²) in [6.07, 6.45) is 6.31. The molecule has 3 aromatic rings. The van der Waals surface area contributed by atoms with E-state index in [4.69, 9.17) is 10.5 Å². The molecule has 1 aliphatic rings. The Morgan fingerprint density at radius 1 is 1.31 bits per heavy atom. The van der Waals surface area contributed by atoms with Crippen LogP contribution in [0.5, 0.6) is 11.5 Å². The number of amides is 1. The molecule has 0 bridgehead atoms. The van der Waals surface area contributed by atoms with Crippen LogP contribution in [0, 0.1) is 11.3 Å². The number of aliphatic hydroxyl groups is 1. The molecule has 2 atom stereocenters. The average molecular weight is 474 g/mol. The molecule has 0 radical (unpaired) electrons. The van der Waals surface area contributed by atoms with E-state index in [1.165, 1.54) is 0 Å². The van der Waals surface area contributed by atoms with Crippen LogP contribution in [0.3, 0.4) is 0 Å². The first kappa shape index (κ1) is 24.5. The van der Waals surface area contributed by atoms with Crippen LogP contribution in [0.2, 0.25) is 0 Å². The van der Waals surface area contributed by atoms with Gasteiger partial charge in [0, 0.05) is 44.6 Å². The van der Waals surface area contributed by atoms with Gasteiger partial charge in [0.15, 0.2) is 0 Å². The zero-order valence-corrected chi connectivity index (χ0v) is 19.9. The van der Waals surface area contributed by atoms with Gasteiger partial charge in [0.05, 0.1) is 17.3 Å². The lowest BCUT2D eigenvalue weighted by Crippen LogP contribution is -2.43. The molecule has 0 aliphatic carbocycles. The van der Waals surface area contributed by atoms with E-state index in [1.807, 2.05) is 41.9 Å². The van der Waals surface area contributed by atoms with Crippen LogP contribution in [0.1, 0.15) is 54.0 Å². The van der Waals surface area contributed by atoms with Gasteiger partial charge >= 0.3 is 0 Å². The monoisotopic (exact) mass is 473 g/mol. The molecule has 1 amide bonds. The van der Waals surface area contributed by atoms with E-state index >= 15 is 0 Å². The van der Waals surface area contributed by atoms with Gasteiger partial charge in [-0.25, -0.2) is 4.98 Å². The van der Waals surface area contributed by atoms with Gasteiger partial charge in [-0.05, 0) is 54.7 Å². The number of nitriles is 1. The molecule has 2 aromatic carbocycles. The molecular weight excluding hydrogens is 442 g/mol. The Kier molecular flexibility index (Phi) is 7.49. The van der Waals surface area contributed by atoms with Gasteiger partial charge in [-0.1, -0.05) is 24.6 Å². The molecule has 1 aliphatic heterocycles. The van der Waals surface area contributed by atoms with E-state index < -0.39 is 5.41 Å². The summed E-state index contributed by atoms with van der Waals surface area (Å²) in [5, 5.41) is 22.5. The predicted octanol–water partition coefficient (Wildman–Crippen LogP) is 3.09. The molecule has 8 heteroatoms. The average Bonchev–Trinajstić information content (AvgIpc) is 3.19. The third-order valence-electron chi connectivity index (χ3n) is 6.88. The Morgan fingerprint density at radius 2 is 2.17 bits per heavy atom. The van der Waals surface area contributed by atoms with Crippen molar-refractivity contribution in [2.75, 3.05) is 19.7 Å². The number of nitrogens with two attached hydrogens (primary N) is 1. The maximum Gasteiger partial charge on any atom is 0.230 e. The molecule has 1 fully saturated rings. The van der Waals surface area contributed by atoms with Crippen molar-refractivity contribution in [3.8, 4) is 17.6 Å². The minimum Gasteiger partial charge on any atom is -0.456 e. The second kappa shape index (κ2) is 10.7. The fourth-order valence-electron chi connectivity index (χ4n) is 4.93. The Morgan fingerprint density at radius 3 is 2.89 bits per heavy atom. The molecule has 0 spiro atoms.